The van der Waals surface area contributed by atoms with Crippen LogP contribution in [0.5, 0.6) is 0 Å². The minimum absolute atomic E-state index is 0.276. The van der Waals surface area contributed by atoms with E-state index in [-0.39, 0.29) is 6.42 Å². The van der Waals surface area contributed by atoms with Crippen LogP contribution in [-0.4, -0.2) is 11.1 Å². The fourth-order valence-electron chi connectivity index (χ4n) is 0.947. The van der Waals surface area contributed by atoms with Crippen molar-refractivity contribution >= 4 is 5.97 Å². The van der Waals surface area contributed by atoms with Crippen LogP contribution in [0.3, 0.4) is 0 Å². The summed E-state index contributed by atoms with van der Waals surface area (Å²) in [5, 5.41) is 8.71. The van der Waals surface area contributed by atoms with Crippen LogP contribution in [0.4, 0.5) is 0 Å². The van der Waals surface area contributed by atoms with Crippen LogP contribution in [0.1, 0.15) is 32.6 Å². The van der Waals surface area contributed by atoms with E-state index >= 15 is 0 Å². The highest BCUT2D eigenvalue weighted by Gasteiger charge is 2.10. The molecule has 0 aromatic rings. The number of hydrogen-bond acceptors (Lipinski definition) is 1. The first-order valence-electron chi connectivity index (χ1n) is 4.55. The molecule has 0 saturated heterocycles. The normalized spacial score (nSPS) is 12.6. The molecule has 0 heterocycles. The Hall–Kier alpha value is -1.23. The summed E-state index contributed by atoms with van der Waals surface area (Å²) in [7, 11) is 0. The van der Waals surface area contributed by atoms with Crippen LogP contribution in [0.15, 0.2) is 12.2 Å². The second-order valence-electron chi connectivity index (χ2n) is 2.92. The van der Waals surface area contributed by atoms with Gasteiger partial charge in [0.1, 0.15) is 0 Å². The second kappa shape index (κ2) is 7.42. The molecule has 0 aliphatic carbocycles. The van der Waals surface area contributed by atoms with E-state index in [1.165, 1.54) is 0 Å². The highest BCUT2D eigenvalue weighted by Crippen LogP contribution is 2.06. The van der Waals surface area contributed by atoms with E-state index in [9.17, 15) is 4.79 Å². The SMILES string of the molecule is C#CCC(C=CCCCC)C(=O)O. The van der Waals surface area contributed by atoms with E-state index < -0.39 is 11.9 Å². The quantitative estimate of drug-likeness (QED) is 0.387. The van der Waals surface area contributed by atoms with Gasteiger partial charge in [0.05, 0.1) is 5.92 Å². The van der Waals surface area contributed by atoms with Gasteiger partial charge in [0.2, 0.25) is 0 Å². The molecule has 0 saturated carbocycles. The lowest BCUT2D eigenvalue weighted by atomic mass is 10.1. The van der Waals surface area contributed by atoms with Gasteiger partial charge < -0.3 is 5.11 Å². The highest BCUT2D eigenvalue weighted by molar-refractivity contribution is 5.72. The monoisotopic (exact) mass is 180 g/mol. The van der Waals surface area contributed by atoms with Gasteiger partial charge in [-0.2, -0.15) is 0 Å². The van der Waals surface area contributed by atoms with Gasteiger partial charge in [-0.3, -0.25) is 4.79 Å². The summed E-state index contributed by atoms with van der Waals surface area (Å²) in [5.41, 5.74) is 0. The van der Waals surface area contributed by atoms with Gasteiger partial charge in [0.15, 0.2) is 0 Å². The van der Waals surface area contributed by atoms with Crippen LogP contribution in [0, 0.1) is 18.3 Å². The zero-order valence-electron chi connectivity index (χ0n) is 7.99. The van der Waals surface area contributed by atoms with E-state index in [0.717, 1.165) is 19.3 Å². The number of hydrogen-bond donors (Lipinski definition) is 1. The Morgan fingerprint density at radius 1 is 1.69 bits per heavy atom. The molecule has 0 amide bonds. The van der Waals surface area contributed by atoms with Gasteiger partial charge in [-0.1, -0.05) is 31.9 Å². The summed E-state index contributed by atoms with van der Waals surface area (Å²) in [6, 6.07) is 0. The molecule has 1 unspecified atom stereocenters. The molecular weight excluding hydrogens is 164 g/mol. The lowest BCUT2D eigenvalue weighted by molar-refractivity contribution is -0.139. The van der Waals surface area contributed by atoms with E-state index in [4.69, 9.17) is 11.5 Å². The van der Waals surface area contributed by atoms with Crippen molar-refractivity contribution in [2.75, 3.05) is 0 Å². The average Bonchev–Trinajstić information content (AvgIpc) is 2.10. The first-order valence-corrected chi connectivity index (χ1v) is 4.55. The number of terminal acetylenes is 1. The zero-order chi connectivity index (χ0) is 10.1. The number of unbranched alkanes of at least 4 members (excludes halogenated alkanes) is 2. The number of carboxylic acid groups (broad SMARTS) is 1. The van der Waals surface area contributed by atoms with Crippen LogP contribution < -0.4 is 0 Å². The number of carboxylic acids is 1. The second-order valence-corrected chi connectivity index (χ2v) is 2.92. The van der Waals surface area contributed by atoms with Crippen molar-refractivity contribution in [2.45, 2.75) is 32.6 Å². The van der Waals surface area contributed by atoms with Gasteiger partial charge in [-0.15, -0.1) is 12.3 Å². The average molecular weight is 180 g/mol. The molecule has 0 aliphatic heterocycles. The molecule has 72 valence electrons. The van der Waals surface area contributed by atoms with Crippen LogP contribution in [0.2, 0.25) is 0 Å². The molecule has 2 nitrogen and oxygen atoms in total. The lowest BCUT2D eigenvalue weighted by Gasteiger charge is -2.01. The largest absolute Gasteiger partial charge is 0.481 e. The van der Waals surface area contributed by atoms with Crippen LogP contribution in [-0.2, 0) is 4.79 Å². The lowest BCUT2D eigenvalue weighted by Crippen LogP contribution is -2.09. The zero-order valence-corrected chi connectivity index (χ0v) is 7.99. The van der Waals surface area contributed by atoms with Crippen molar-refractivity contribution in [2.24, 2.45) is 5.92 Å². The minimum atomic E-state index is -0.842. The predicted molar refractivity (Wildman–Crippen MR) is 53.2 cm³/mol. The maximum Gasteiger partial charge on any atom is 0.311 e. The van der Waals surface area contributed by atoms with Crippen LogP contribution >= 0.6 is 0 Å². The van der Waals surface area contributed by atoms with Gasteiger partial charge in [-0.05, 0) is 6.42 Å². The van der Waals surface area contributed by atoms with E-state index in [0.29, 0.717) is 0 Å². The van der Waals surface area contributed by atoms with Crippen molar-refractivity contribution < 1.29 is 9.90 Å². The first-order chi connectivity index (χ1) is 6.22. The molecule has 13 heavy (non-hydrogen) atoms. The molecule has 0 radical (unpaired) electrons. The summed E-state index contributed by atoms with van der Waals surface area (Å²) < 4.78 is 0. The van der Waals surface area contributed by atoms with E-state index in [1.807, 2.05) is 6.08 Å². The number of rotatable bonds is 6. The number of allylic oxidation sites excluding steroid dienone is 1. The summed E-state index contributed by atoms with van der Waals surface area (Å²) in [6.45, 7) is 2.10. The summed E-state index contributed by atoms with van der Waals surface area (Å²) in [6.07, 6.45) is 12.1. The third kappa shape index (κ3) is 5.98. The number of aliphatic carboxylic acids is 1. The Bertz CT molecular complexity index is 211. The smallest absolute Gasteiger partial charge is 0.311 e. The molecule has 0 bridgehead atoms. The Balaban J connectivity index is 3.88. The third-order valence-electron chi connectivity index (χ3n) is 1.75. The molecule has 2 heteroatoms. The molecule has 0 aromatic heterocycles. The Kier molecular flexibility index (Phi) is 6.72. The summed E-state index contributed by atoms with van der Waals surface area (Å²) in [4.78, 5) is 10.6. The van der Waals surface area contributed by atoms with Crippen molar-refractivity contribution in [3.05, 3.63) is 12.2 Å². The Labute approximate surface area is 79.7 Å². The van der Waals surface area contributed by atoms with E-state index in [2.05, 4.69) is 12.8 Å². The molecular formula is C11H16O2. The van der Waals surface area contributed by atoms with Gasteiger partial charge in [0.25, 0.3) is 0 Å². The molecule has 1 N–H and O–H groups in total. The van der Waals surface area contributed by atoms with Crippen molar-refractivity contribution in [1.82, 2.24) is 0 Å². The van der Waals surface area contributed by atoms with Gasteiger partial charge >= 0.3 is 5.97 Å². The summed E-state index contributed by atoms with van der Waals surface area (Å²) in [5.74, 6) is 1.00. The van der Waals surface area contributed by atoms with Crippen molar-refractivity contribution in [3.8, 4) is 12.3 Å². The summed E-state index contributed by atoms with van der Waals surface area (Å²) >= 11 is 0. The third-order valence-corrected chi connectivity index (χ3v) is 1.75. The van der Waals surface area contributed by atoms with Crippen LogP contribution in [0.25, 0.3) is 0 Å². The molecule has 0 rings (SSSR count). The molecule has 0 aromatic carbocycles. The fourth-order valence-corrected chi connectivity index (χ4v) is 0.947. The maximum atomic E-state index is 10.6. The first kappa shape index (κ1) is 11.8. The van der Waals surface area contributed by atoms with Gasteiger partial charge in [0, 0.05) is 6.42 Å². The molecule has 0 spiro atoms. The minimum Gasteiger partial charge on any atom is -0.481 e. The highest BCUT2D eigenvalue weighted by atomic mass is 16.4. The number of carbonyl (C=O) groups is 1. The van der Waals surface area contributed by atoms with Crippen molar-refractivity contribution in [1.29, 1.82) is 0 Å². The Morgan fingerprint density at radius 3 is 2.85 bits per heavy atom. The maximum absolute atomic E-state index is 10.6. The fraction of sp³-hybridized carbons (Fsp3) is 0.545. The van der Waals surface area contributed by atoms with E-state index in [1.54, 1.807) is 6.08 Å². The molecule has 1 atom stereocenters. The topological polar surface area (TPSA) is 37.3 Å². The Morgan fingerprint density at radius 2 is 2.38 bits per heavy atom. The van der Waals surface area contributed by atoms with Gasteiger partial charge in [-0.25, -0.2) is 0 Å². The van der Waals surface area contributed by atoms with Crippen molar-refractivity contribution in [3.63, 3.8) is 0 Å². The standard InChI is InChI=1S/C11H16O2/c1-3-5-6-7-9-10(8-4-2)11(12)13/h2,7,9-10H,3,5-6,8H2,1H3,(H,12,13). The predicted octanol–water partition coefficient (Wildman–Crippen LogP) is 2.46. The molecule has 0 fully saturated rings. The molecule has 0 aliphatic rings.